The molecule has 0 fully saturated rings. The van der Waals surface area contributed by atoms with Crippen molar-refractivity contribution in [3.63, 3.8) is 0 Å². The highest BCUT2D eigenvalue weighted by Crippen LogP contribution is 2.06. The molecule has 0 spiro atoms. The molecule has 0 heterocycles. The lowest BCUT2D eigenvalue weighted by Gasteiger charge is -2.00. The van der Waals surface area contributed by atoms with Gasteiger partial charge in [0.25, 0.3) is 0 Å². The molecule has 1 rings (SSSR count). The molecule has 0 aliphatic carbocycles. The fraction of sp³-hybridized carbons (Fsp3) is 0.333. The van der Waals surface area contributed by atoms with Gasteiger partial charge in [-0.05, 0) is 43.0 Å². The van der Waals surface area contributed by atoms with Crippen LogP contribution in [-0.4, -0.2) is 38.7 Å². The van der Waals surface area contributed by atoms with E-state index < -0.39 is 0 Å². The van der Waals surface area contributed by atoms with Crippen LogP contribution in [0, 0.1) is 0 Å². The van der Waals surface area contributed by atoms with E-state index in [1.807, 2.05) is 0 Å². The fourth-order valence-electron chi connectivity index (χ4n) is 1.64. The van der Waals surface area contributed by atoms with Crippen LogP contribution in [0.5, 0.6) is 0 Å². The van der Waals surface area contributed by atoms with Crippen LogP contribution < -0.4 is 0 Å². The average molecular weight is 290 g/mol. The molecule has 0 saturated heterocycles. The standard InChI is InChI=1S/C15H18N2O4/c1-16-20-5-3-2-4-6-21-17-10-13-7-14(11-18)9-15(8-13)12-19/h7-12H,1-6H2/b17-10+. The Hall–Kier alpha value is -2.50. The number of carbonyl (C=O) groups excluding carboxylic acids is 2. The quantitative estimate of drug-likeness (QED) is 0.271. The lowest BCUT2D eigenvalue weighted by molar-refractivity contribution is 0.112. The molecule has 21 heavy (non-hydrogen) atoms. The Bertz CT molecular complexity index is 474. The van der Waals surface area contributed by atoms with Crippen molar-refractivity contribution in [2.45, 2.75) is 19.3 Å². The van der Waals surface area contributed by atoms with E-state index in [-0.39, 0.29) is 0 Å². The van der Waals surface area contributed by atoms with E-state index in [0.717, 1.165) is 19.3 Å². The van der Waals surface area contributed by atoms with Crippen LogP contribution in [0.2, 0.25) is 0 Å². The summed E-state index contributed by atoms with van der Waals surface area (Å²) < 4.78 is 0. The summed E-state index contributed by atoms with van der Waals surface area (Å²) in [6.07, 6.45) is 5.53. The van der Waals surface area contributed by atoms with Gasteiger partial charge in [0.05, 0.1) is 6.21 Å². The smallest absolute Gasteiger partial charge is 0.150 e. The molecule has 0 atom stereocenters. The van der Waals surface area contributed by atoms with Gasteiger partial charge in [0.2, 0.25) is 0 Å². The number of rotatable bonds is 11. The molecular formula is C15H18N2O4. The fourth-order valence-corrected chi connectivity index (χ4v) is 1.64. The van der Waals surface area contributed by atoms with Crippen molar-refractivity contribution in [2.24, 2.45) is 10.3 Å². The van der Waals surface area contributed by atoms with E-state index in [1.165, 1.54) is 12.3 Å². The minimum absolute atomic E-state index is 0.428. The monoisotopic (exact) mass is 290 g/mol. The third-order valence-electron chi connectivity index (χ3n) is 2.61. The van der Waals surface area contributed by atoms with Crippen LogP contribution in [0.4, 0.5) is 0 Å². The van der Waals surface area contributed by atoms with Crippen molar-refractivity contribution in [3.05, 3.63) is 34.9 Å². The van der Waals surface area contributed by atoms with E-state index >= 15 is 0 Å². The summed E-state index contributed by atoms with van der Waals surface area (Å²) in [5.74, 6) is 0. The van der Waals surface area contributed by atoms with Gasteiger partial charge in [0, 0.05) is 17.8 Å². The zero-order chi connectivity index (χ0) is 15.3. The number of aldehydes is 2. The first-order valence-corrected chi connectivity index (χ1v) is 6.59. The van der Waals surface area contributed by atoms with Crippen molar-refractivity contribution >= 4 is 25.5 Å². The number of nitrogens with zero attached hydrogens (tertiary/aromatic N) is 2. The maximum atomic E-state index is 10.7. The Labute approximate surface area is 123 Å². The van der Waals surface area contributed by atoms with Gasteiger partial charge in [-0.2, -0.15) is 0 Å². The summed E-state index contributed by atoms with van der Waals surface area (Å²) in [6, 6.07) is 4.78. The first kappa shape index (κ1) is 16.6. The SMILES string of the molecule is C=NOCCCCCO/N=C/c1cc(C=O)cc(C=O)c1. The second-order valence-corrected chi connectivity index (χ2v) is 4.26. The Morgan fingerprint density at radius 2 is 1.48 bits per heavy atom. The van der Waals surface area contributed by atoms with Crippen molar-refractivity contribution in [1.82, 2.24) is 0 Å². The van der Waals surface area contributed by atoms with E-state index in [9.17, 15) is 9.59 Å². The lowest BCUT2D eigenvalue weighted by Crippen LogP contribution is -1.94. The third kappa shape index (κ3) is 7.00. The number of oxime groups is 2. The molecule has 112 valence electrons. The van der Waals surface area contributed by atoms with E-state index in [0.29, 0.717) is 42.5 Å². The van der Waals surface area contributed by atoms with Crippen LogP contribution >= 0.6 is 0 Å². The first-order chi connectivity index (χ1) is 10.3. The number of hydrogen-bond acceptors (Lipinski definition) is 6. The maximum Gasteiger partial charge on any atom is 0.150 e. The molecule has 0 N–H and O–H groups in total. The Morgan fingerprint density at radius 1 is 0.905 bits per heavy atom. The number of hydrogen-bond donors (Lipinski definition) is 0. The maximum absolute atomic E-state index is 10.7. The molecule has 1 aromatic carbocycles. The van der Waals surface area contributed by atoms with Gasteiger partial charge in [-0.15, -0.1) is 5.16 Å². The van der Waals surface area contributed by atoms with Gasteiger partial charge in [0.15, 0.2) is 0 Å². The summed E-state index contributed by atoms with van der Waals surface area (Å²) in [6.45, 7) is 4.26. The summed E-state index contributed by atoms with van der Waals surface area (Å²) in [5.41, 5.74) is 1.50. The summed E-state index contributed by atoms with van der Waals surface area (Å²) in [5, 5.41) is 7.10. The molecule has 0 aliphatic heterocycles. The molecule has 0 aliphatic rings. The van der Waals surface area contributed by atoms with Gasteiger partial charge in [-0.25, -0.2) is 0 Å². The normalized spacial score (nSPS) is 10.3. The highest BCUT2D eigenvalue weighted by Gasteiger charge is 1.98. The summed E-state index contributed by atoms with van der Waals surface area (Å²) >= 11 is 0. The molecular weight excluding hydrogens is 272 g/mol. The highest BCUT2D eigenvalue weighted by molar-refractivity contribution is 5.89. The second kappa shape index (κ2) is 10.3. The molecule has 0 amide bonds. The van der Waals surface area contributed by atoms with Gasteiger partial charge < -0.3 is 9.68 Å². The molecule has 0 radical (unpaired) electrons. The van der Waals surface area contributed by atoms with E-state index in [1.54, 1.807) is 12.1 Å². The van der Waals surface area contributed by atoms with Crippen molar-refractivity contribution < 1.29 is 19.3 Å². The van der Waals surface area contributed by atoms with Gasteiger partial charge in [-0.1, -0.05) is 5.16 Å². The Kier molecular flexibility index (Phi) is 8.12. The Morgan fingerprint density at radius 3 is 2.05 bits per heavy atom. The van der Waals surface area contributed by atoms with Crippen LogP contribution in [-0.2, 0) is 9.68 Å². The molecule has 0 unspecified atom stereocenters. The van der Waals surface area contributed by atoms with Gasteiger partial charge >= 0.3 is 0 Å². The average Bonchev–Trinajstić information content (AvgIpc) is 2.52. The van der Waals surface area contributed by atoms with Crippen molar-refractivity contribution in [1.29, 1.82) is 0 Å². The van der Waals surface area contributed by atoms with Crippen molar-refractivity contribution in [3.8, 4) is 0 Å². The van der Waals surface area contributed by atoms with E-state index in [4.69, 9.17) is 9.68 Å². The predicted molar refractivity (Wildman–Crippen MR) is 80.1 cm³/mol. The molecule has 0 aromatic heterocycles. The topological polar surface area (TPSA) is 77.3 Å². The minimum Gasteiger partial charge on any atom is -0.396 e. The van der Waals surface area contributed by atoms with E-state index in [2.05, 4.69) is 17.0 Å². The molecule has 6 heteroatoms. The minimum atomic E-state index is 0.428. The molecule has 0 saturated carbocycles. The number of unbranched alkanes of at least 4 members (excludes halogenated alkanes) is 2. The third-order valence-corrected chi connectivity index (χ3v) is 2.61. The number of benzene rings is 1. The second-order valence-electron chi connectivity index (χ2n) is 4.26. The first-order valence-electron chi connectivity index (χ1n) is 6.59. The van der Waals surface area contributed by atoms with Gasteiger partial charge in [0.1, 0.15) is 25.8 Å². The summed E-state index contributed by atoms with van der Waals surface area (Å²) in [4.78, 5) is 31.3. The largest absolute Gasteiger partial charge is 0.396 e. The van der Waals surface area contributed by atoms with Gasteiger partial charge in [-0.3, -0.25) is 9.59 Å². The predicted octanol–water partition coefficient (Wildman–Crippen LogP) is 2.46. The van der Waals surface area contributed by atoms with Crippen LogP contribution in [0.25, 0.3) is 0 Å². The highest BCUT2D eigenvalue weighted by atomic mass is 16.6. The lowest BCUT2D eigenvalue weighted by atomic mass is 10.1. The number of carbonyl (C=O) groups is 2. The van der Waals surface area contributed by atoms with Crippen molar-refractivity contribution in [2.75, 3.05) is 13.2 Å². The summed E-state index contributed by atoms with van der Waals surface area (Å²) in [7, 11) is 0. The molecule has 1 aromatic rings. The zero-order valence-corrected chi connectivity index (χ0v) is 11.7. The van der Waals surface area contributed by atoms with Crippen LogP contribution in [0.1, 0.15) is 45.5 Å². The molecule has 0 bridgehead atoms. The van der Waals surface area contributed by atoms with Crippen LogP contribution in [0.15, 0.2) is 28.5 Å². The zero-order valence-electron chi connectivity index (χ0n) is 11.7. The molecule has 6 nitrogen and oxygen atoms in total. The van der Waals surface area contributed by atoms with Crippen LogP contribution in [0.3, 0.4) is 0 Å². The Balaban J connectivity index is 2.31.